The number of carbonyl (C=O) groups is 1. The van der Waals surface area contributed by atoms with Crippen molar-refractivity contribution >= 4 is 31.6 Å². The Morgan fingerprint density at radius 3 is 2.11 bits per heavy atom. The summed E-state index contributed by atoms with van der Waals surface area (Å²) in [5.74, 6) is -0.276. The predicted molar refractivity (Wildman–Crippen MR) is 136 cm³/mol. The number of amides is 1. The standard InChI is InChI=1S/C25H29N3O5S2/c1-18-9-13-23(34(30,31)26-3)17-24(18)27-25(29)16-12-20-10-14-22(15-11-20)35(32,33)28-19(2)21-7-5-4-6-8-21/h4-11,13-15,17,19,26,28H,12,16H2,1-3H3,(H,27,29)/t19-/m0/s1. The number of benzene rings is 3. The first-order valence-corrected chi connectivity index (χ1v) is 14.0. The summed E-state index contributed by atoms with van der Waals surface area (Å²) in [7, 11) is -6.00. The highest BCUT2D eigenvalue weighted by Crippen LogP contribution is 2.21. The van der Waals surface area contributed by atoms with Crippen LogP contribution in [0.4, 0.5) is 5.69 Å². The molecule has 0 unspecified atom stereocenters. The summed E-state index contributed by atoms with van der Waals surface area (Å²) in [5, 5.41) is 2.75. The van der Waals surface area contributed by atoms with E-state index in [9.17, 15) is 21.6 Å². The summed E-state index contributed by atoms with van der Waals surface area (Å²) in [6, 6.07) is 19.8. The maximum atomic E-state index is 12.7. The second-order valence-electron chi connectivity index (χ2n) is 8.13. The zero-order valence-corrected chi connectivity index (χ0v) is 21.4. The van der Waals surface area contributed by atoms with E-state index in [-0.39, 0.29) is 28.2 Å². The molecule has 0 saturated heterocycles. The Morgan fingerprint density at radius 1 is 0.857 bits per heavy atom. The van der Waals surface area contributed by atoms with E-state index in [2.05, 4.69) is 14.8 Å². The number of anilines is 1. The van der Waals surface area contributed by atoms with Gasteiger partial charge in [-0.25, -0.2) is 26.3 Å². The molecule has 1 atom stereocenters. The van der Waals surface area contributed by atoms with Gasteiger partial charge in [-0.2, -0.15) is 0 Å². The minimum Gasteiger partial charge on any atom is -0.326 e. The first-order chi connectivity index (χ1) is 16.5. The minimum absolute atomic E-state index is 0.0629. The van der Waals surface area contributed by atoms with Gasteiger partial charge in [0, 0.05) is 18.2 Å². The molecule has 3 rings (SSSR count). The quantitative estimate of drug-likeness (QED) is 0.382. The zero-order valence-electron chi connectivity index (χ0n) is 19.8. The lowest BCUT2D eigenvalue weighted by atomic mass is 10.1. The van der Waals surface area contributed by atoms with Crippen molar-refractivity contribution in [3.8, 4) is 0 Å². The van der Waals surface area contributed by atoms with Crippen LogP contribution in [0.3, 0.4) is 0 Å². The lowest BCUT2D eigenvalue weighted by molar-refractivity contribution is -0.116. The molecule has 0 heterocycles. The molecule has 0 aliphatic carbocycles. The van der Waals surface area contributed by atoms with E-state index in [1.54, 1.807) is 32.0 Å². The van der Waals surface area contributed by atoms with Crippen LogP contribution in [0, 0.1) is 6.92 Å². The van der Waals surface area contributed by atoms with Gasteiger partial charge in [0.05, 0.1) is 9.79 Å². The van der Waals surface area contributed by atoms with Crippen molar-refractivity contribution < 1.29 is 21.6 Å². The second kappa shape index (κ2) is 11.1. The molecule has 0 saturated carbocycles. The summed E-state index contributed by atoms with van der Waals surface area (Å²) in [4.78, 5) is 12.7. The summed E-state index contributed by atoms with van der Waals surface area (Å²) >= 11 is 0. The molecule has 0 radical (unpaired) electrons. The third-order valence-electron chi connectivity index (χ3n) is 5.57. The van der Waals surface area contributed by atoms with Crippen LogP contribution >= 0.6 is 0 Å². The number of sulfonamides is 2. The van der Waals surface area contributed by atoms with Crippen LogP contribution in [0.5, 0.6) is 0 Å². The molecule has 3 N–H and O–H groups in total. The van der Waals surface area contributed by atoms with Crippen LogP contribution < -0.4 is 14.8 Å². The van der Waals surface area contributed by atoms with Crippen molar-refractivity contribution in [2.75, 3.05) is 12.4 Å². The fourth-order valence-corrected chi connectivity index (χ4v) is 5.43. The van der Waals surface area contributed by atoms with Crippen LogP contribution in [0.2, 0.25) is 0 Å². The Kier molecular flexibility index (Phi) is 8.44. The maximum Gasteiger partial charge on any atom is 0.241 e. The maximum absolute atomic E-state index is 12.7. The van der Waals surface area contributed by atoms with Crippen molar-refractivity contribution in [2.45, 2.75) is 42.5 Å². The Labute approximate surface area is 206 Å². The lowest BCUT2D eigenvalue weighted by Gasteiger charge is -2.15. The van der Waals surface area contributed by atoms with E-state index in [1.807, 2.05) is 30.3 Å². The van der Waals surface area contributed by atoms with Gasteiger partial charge in [-0.05, 0) is 68.3 Å². The van der Waals surface area contributed by atoms with Crippen LogP contribution in [0.1, 0.15) is 36.1 Å². The molecule has 3 aromatic rings. The largest absolute Gasteiger partial charge is 0.326 e. The zero-order chi connectivity index (χ0) is 25.6. The fraction of sp³-hybridized carbons (Fsp3) is 0.240. The Bertz CT molecular complexity index is 1390. The van der Waals surface area contributed by atoms with Gasteiger partial charge in [-0.1, -0.05) is 48.5 Å². The van der Waals surface area contributed by atoms with E-state index in [0.717, 1.165) is 16.7 Å². The highest BCUT2D eigenvalue weighted by molar-refractivity contribution is 7.89. The third kappa shape index (κ3) is 6.98. The van der Waals surface area contributed by atoms with Crippen LogP contribution in [0.25, 0.3) is 0 Å². The van der Waals surface area contributed by atoms with Crippen molar-refractivity contribution in [3.05, 3.63) is 89.5 Å². The SMILES string of the molecule is CNS(=O)(=O)c1ccc(C)c(NC(=O)CCc2ccc(S(=O)(=O)N[C@@H](C)c3ccccc3)cc2)c1. The van der Waals surface area contributed by atoms with Crippen molar-refractivity contribution in [2.24, 2.45) is 0 Å². The highest BCUT2D eigenvalue weighted by atomic mass is 32.2. The first-order valence-electron chi connectivity index (χ1n) is 11.0. The summed E-state index contributed by atoms with van der Waals surface area (Å²) in [6.07, 6.45) is 0.547. The average Bonchev–Trinajstić information content (AvgIpc) is 2.84. The van der Waals surface area contributed by atoms with E-state index < -0.39 is 20.0 Å². The monoisotopic (exact) mass is 515 g/mol. The van der Waals surface area contributed by atoms with Gasteiger partial charge in [0.15, 0.2) is 0 Å². The molecule has 1 amide bonds. The van der Waals surface area contributed by atoms with Gasteiger partial charge in [0.1, 0.15) is 0 Å². The van der Waals surface area contributed by atoms with Gasteiger partial charge < -0.3 is 5.32 Å². The number of hydrogen-bond donors (Lipinski definition) is 3. The topological polar surface area (TPSA) is 121 Å². The van der Waals surface area contributed by atoms with E-state index >= 15 is 0 Å². The van der Waals surface area contributed by atoms with Crippen molar-refractivity contribution in [1.29, 1.82) is 0 Å². The van der Waals surface area contributed by atoms with Crippen LogP contribution in [-0.4, -0.2) is 29.8 Å². The van der Waals surface area contributed by atoms with E-state index in [1.165, 1.54) is 31.3 Å². The van der Waals surface area contributed by atoms with Crippen molar-refractivity contribution in [1.82, 2.24) is 9.44 Å². The molecule has 0 aliphatic rings. The molecule has 10 heteroatoms. The van der Waals surface area contributed by atoms with Gasteiger partial charge in [-0.15, -0.1) is 0 Å². The average molecular weight is 516 g/mol. The molecule has 0 fully saturated rings. The molecule has 35 heavy (non-hydrogen) atoms. The molecular weight excluding hydrogens is 486 g/mol. The summed E-state index contributed by atoms with van der Waals surface area (Å²) in [5.41, 5.74) is 2.83. The lowest BCUT2D eigenvalue weighted by Crippen LogP contribution is -2.26. The first kappa shape index (κ1) is 26.6. The molecule has 3 aromatic carbocycles. The Hall–Kier alpha value is -3.05. The second-order valence-corrected chi connectivity index (χ2v) is 11.7. The highest BCUT2D eigenvalue weighted by Gasteiger charge is 2.18. The molecule has 0 bridgehead atoms. The van der Waals surface area contributed by atoms with Gasteiger partial charge in [0.2, 0.25) is 26.0 Å². The van der Waals surface area contributed by atoms with Crippen molar-refractivity contribution in [3.63, 3.8) is 0 Å². The minimum atomic E-state index is -3.70. The summed E-state index contributed by atoms with van der Waals surface area (Å²) < 4.78 is 54.4. The van der Waals surface area contributed by atoms with E-state index in [0.29, 0.717) is 12.1 Å². The van der Waals surface area contributed by atoms with E-state index in [4.69, 9.17) is 0 Å². The van der Waals surface area contributed by atoms with Crippen LogP contribution in [-0.2, 0) is 31.3 Å². The Balaban J connectivity index is 1.60. The molecule has 0 aliphatic heterocycles. The number of nitrogens with one attached hydrogen (secondary N) is 3. The normalized spacial score (nSPS) is 12.8. The Morgan fingerprint density at radius 2 is 1.49 bits per heavy atom. The predicted octanol–water partition coefficient (Wildman–Crippen LogP) is 3.51. The molecule has 0 spiro atoms. The smallest absolute Gasteiger partial charge is 0.241 e. The molecule has 0 aromatic heterocycles. The van der Waals surface area contributed by atoms with Gasteiger partial charge in [0.25, 0.3) is 0 Å². The molecular formula is C25H29N3O5S2. The molecule has 186 valence electrons. The van der Waals surface area contributed by atoms with Gasteiger partial charge in [-0.3, -0.25) is 4.79 Å². The number of aryl methyl sites for hydroxylation is 2. The number of rotatable bonds is 10. The van der Waals surface area contributed by atoms with Gasteiger partial charge >= 0.3 is 0 Å². The van der Waals surface area contributed by atoms with Crippen LogP contribution in [0.15, 0.2) is 82.6 Å². The fourth-order valence-electron chi connectivity index (χ4n) is 3.44. The number of carbonyl (C=O) groups excluding carboxylic acids is 1. The molecule has 8 nitrogen and oxygen atoms in total. The number of hydrogen-bond acceptors (Lipinski definition) is 5. The summed E-state index contributed by atoms with van der Waals surface area (Å²) in [6.45, 7) is 3.56. The third-order valence-corrected chi connectivity index (χ3v) is 8.54.